The van der Waals surface area contributed by atoms with Gasteiger partial charge in [-0.1, -0.05) is 51.8 Å². The molecule has 1 aliphatic heterocycles. The molecule has 1 amide bonds. The Bertz CT molecular complexity index is 1140. The summed E-state index contributed by atoms with van der Waals surface area (Å²) >= 11 is 9.50. The van der Waals surface area contributed by atoms with Crippen LogP contribution in [0.3, 0.4) is 0 Å². The second kappa shape index (κ2) is 8.23. The molecule has 0 spiro atoms. The maximum absolute atomic E-state index is 13.3. The van der Waals surface area contributed by atoms with E-state index in [0.717, 1.165) is 15.6 Å². The molecule has 0 aromatic heterocycles. The summed E-state index contributed by atoms with van der Waals surface area (Å²) in [4.78, 5) is 19.6. The maximum Gasteiger partial charge on any atom is 0.282 e. The van der Waals surface area contributed by atoms with E-state index in [4.69, 9.17) is 16.3 Å². The summed E-state index contributed by atoms with van der Waals surface area (Å²) in [6.45, 7) is 0. The van der Waals surface area contributed by atoms with Gasteiger partial charge in [0.1, 0.15) is 11.4 Å². The van der Waals surface area contributed by atoms with Gasteiger partial charge in [-0.2, -0.15) is 0 Å². The predicted octanol–water partition coefficient (Wildman–Crippen LogP) is 5.95. The molecule has 4 rings (SSSR count). The lowest BCUT2D eigenvalue weighted by molar-refractivity contribution is -0.113. The van der Waals surface area contributed by atoms with E-state index in [-0.39, 0.29) is 5.91 Å². The Morgan fingerprint density at radius 2 is 1.79 bits per heavy atom. The van der Waals surface area contributed by atoms with E-state index in [1.807, 2.05) is 48.5 Å². The zero-order valence-corrected chi connectivity index (χ0v) is 17.8. The number of nitrogens with zero attached hydrogens (tertiary/aromatic N) is 2. The third kappa shape index (κ3) is 3.97. The lowest BCUT2D eigenvalue weighted by Gasteiger charge is -2.20. The van der Waals surface area contributed by atoms with Crippen LogP contribution in [0.1, 0.15) is 11.1 Å². The van der Waals surface area contributed by atoms with E-state index < -0.39 is 0 Å². The zero-order chi connectivity index (χ0) is 20.4. The predicted molar refractivity (Wildman–Crippen MR) is 121 cm³/mol. The van der Waals surface area contributed by atoms with Crippen molar-refractivity contribution in [3.63, 3.8) is 0 Å². The minimum Gasteiger partial charge on any atom is -0.496 e. The fraction of sp³-hybridized carbons (Fsp3) is 0.0435. The van der Waals surface area contributed by atoms with Gasteiger partial charge in [0.2, 0.25) is 0 Å². The van der Waals surface area contributed by atoms with E-state index in [1.54, 1.807) is 42.4 Å². The number of amides is 1. The van der Waals surface area contributed by atoms with E-state index >= 15 is 0 Å². The number of rotatable bonds is 4. The van der Waals surface area contributed by atoms with E-state index in [2.05, 4.69) is 20.9 Å². The number of ether oxygens (including phenoxy) is 1. The first-order chi connectivity index (χ1) is 14.1. The van der Waals surface area contributed by atoms with Crippen molar-refractivity contribution in [1.82, 2.24) is 0 Å². The van der Waals surface area contributed by atoms with Crippen molar-refractivity contribution in [2.45, 2.75) is 0 Å². The summed E-state index contributed by atoms with van der Waals surface area (Å²) in [7, 11) is 1.60. The van der Waals surface area contributed by atoms with Gasteiger partial charge in [0.25, 0.3) is 5.91 Å². The van der Waals surface area contributed by atoms with Crippen molar-refractivity contribution in [1.29, 1.82) is 0 Å². The van der Waals surface area contributed by atoms with Gasteiger partial charge in [-0.3, -0.25) is 9.69 Å². The Balaban J connectivity index is 1.86. The van der Waals surface area contributed by atoms with Crippen molar-refractivity contribution in [2.24, 2.45) is 4.99 Å². The van der Waals surface area contributed by atoms with E-state index in [9.17, 15) is 4.79 Å². The number of benzene rings is 3. The highest BCUT2D eigenvalue weighted by Crippen LogP contribution is 2.32. The highest BCUT2D eigenvalue weighted by molar-refractivity contribution is 9.10. The van der Waals surface area contributed by atoms with Crippen LogP contribution in [-0.2, 0) is 4.79 Å². The molecular formula is C23H16BrClN2O2. The molecule has 0 aliphatic carbocycles. The standard InChI is InChI=1S/C23H16BrClN2O2/c1-29-21-8-3-2-7-19(21)22-26-20(14-15-5-4-6-16(24)13-15)23(28)27(22)18-11-9-17(25)10-12-18/h2-14H,1H3/b20-14+. The van der Waals surface area contributed by atoms with Gasteiger partial charge in [0.05, 0.1) is 18.4 Å². The Hall–Kier alpha value is -2.89. The van der Waals surface area contributed by atoms with Gasteiger partial charge < -0.3 is 4.74 Å². The van der Waals surface area contributed by atoms with Gasteiger partial charge in [-0.25, -0.2) is 4.99 Å². The van der Waals surface area contributed by atoms with E-state index in [1.165, 1.54) is 0 Å². The summed E-state index contributed by atoms with van der Waals surface area (Å²) in [5.74, 6) is 0.936. The molecule has 0 N–H and O–H groups in total. The number of halogens is 2. The van der Waals surface area contributed by atoms with Gasteiger partial charge in [0.15, 0.2) is 5.84 Å². The van der Waals surface area contributed by atoms with Crippen LogP contribution < -0.4 is 9.64 Å². The van der Waals surface area contributed by atoms with Crippen LogP contribution >= 0.6 is 27.5 Å². The third-order valence-electron chi connectivity index (χ3n) is 4.45. The Kier molecular flexibility index (Phi) is 5.51. The molecule has 29 heavy (non-hydrogen) atoms. The molecule has 3 aromatic carbocycles. The number of carbonyl (C=O) groups excluding carboxylic acids is 1. The molecule has 0 unspecified atom stereocenters. The molecule has 0 atom stereocenters. The fourth-order valence-electron chi connectivity index (χ4n) is 3.11. The Morgan fingerprint density at radius 1 is 1.03 bits per heavy atom. The van der Waals surface area contributed by atoms with Gasteiger partial charge in [0, 0.05) is 9.50 Å². The first-order valence-electron chi connectivity index (χ1n) is 8.86. The zero-order valence-electron chi connectivity index (χ0n) is 15.5. The minimum absolute atomic E-state index is 0.215. The van der Waals surface area contributed by atoms with Gasteiger partial charge >= 0.3 is 0 Å². The van der Waals surface area contributed by atoms with Crippen LogP contribution in [0.25, 0.3) is 6.08 Å². The number of aliphatic imine (C=N–C) groups is 1. The van der Waals surface area contributed by atoms with Crippen molar-refractivity contribution in [2.75, 3.05) is 12.0 Å². The highest BCUT2D eigenvalue weighted by Gasteiger charge is 2.33. The minimum atomic E-state index is -0.215. The number of anilines is 1. The number of hydrogen-bond donors (Lipinski definition) is 0. The fourth-order valence-corrected chi connectivity index (χ4v) is 3.65. The lowest BCUT2D eigenvalue weighted by atomic mass is 10.1. The molecule has 3 aromatic rings. The summed E-state index contributed by atoms with van der Waals surface area (Å²) in [5.41, 5.74) is 2.64. The third-order valence-corrected chi connectivity index (χ3v) is 5.19. The van der Waals surface area contributed by atoms with Gasteiger partial charge in [-0.05, 0) is 60.2 Å². The smallest absolute Gasteiger partial charge is 0.282 e. The summed E-state index contributed by atoms with van der Waals surface area (Å²) < 4.78 is 6.43. The maximum atomic E-state index is 13.3. The van der Waals surface area contributed by atoms with E-state index in [0.29, 0.717) is 28.0 Å². The van der Waals surface area contributed by atoms with Crippen LogP contribution in [0, 0.1) is 0 Å². The molecule has 0 saturated carbocycles. The monoisotopic (exact) mass is 466 g/mol. The molecule has 144 valence electrons. The van der Waals surface area contributed by atoms with Crippen molar-refractivity contribution in [3.05, 3.63) is 99.1 Å². The molecular weight excluding hydrogens is 452 g/mol. The first-order valence-corrected chi connectivity index (χ1v) is 10.0. The van der Waals surface area contributed by atoms with Crippen LogP contribution in [0.2, 0.25) is 5.02 Å². The lowest BCUT2D eigenvalue weighted by Crippen LogP contribution is -2.32. The quantitative estimate of drug-likeness (QED) is 0.445. The van der Waals surface area contributed by atoms with Crippen molar-refractivity contribution >= 4 is 51.0 Å². The molecule has 0 saturated heterocycles. The second-order valence-corrected chi connectivity index (χ2v) is 7.69. The number of para-hydroxylation sites is 1. The average molecular weight is 468 g/mol. The number of carbonyl (C=O) groups is 1. The van der Waals surface area contributed by atoms with Crippen LogP contribution in [-0.4, -0.2) is 18.9 Å². The number of hydrogen-bond acceptors (Lipinski definition) is 3. The second-order valence-electron chi connectivity index (χ2n) is 6.34. The molecule has 1 heterocycles. The first kappa shape index (κ1) is 19.4. The summed E-state index contributed by atoms with van der Waals surface area (Å²) in [6.07, 6.45) is 1.78. The Labute approximate surface area is 182 Å². The topological polar surface area (TPSA) is 41.9 Å². The average Bonchev–Trinajstić information content (AvgIpc) is 3.04. The van der Waals surface area contributed by atoms with Crippen molar-refractivity contribution < 1.29 is 9.53 Å². The highest BCUT2D eigenvalue weighted by atomic mass is 79.9. The molecule has 6 heteroatoms. The molecule has 0 fully saturated rings. The summed E-state index contributed by atoms with van der Waals surface area (Å²) in [5, 5.41) is 0.598. The SMILES string of the molecule is COc1ccccc1C1=N/C(=C/c2cccc(Br)c2)C(=O)N1c1ccc(Cl)cc1. The van der Waals surface area contributed by atoms with Gasteiger partial charge in [-0.15, -0.1) is 0 Å². The molecule has 1 aliphatic rings. The Morgan fingerprint density at radius 3 is 2.52 bits per heavy atom. The molecule has 0 bridgehead atoms. The van der Waals surface area contributed by atoms with Crippen LogP contribution in [0.4, 0.5) is 5.69 Å². The normalized spacial score (nSPS) is 15.0. The number of amidine groups is 1. The van der Waals surface area contributed by atoms with Crippen molar-refractivity contribution in [3.8, 4) is 5.75 Å². The largest absolute Gasteiger partial charge is 0.496 e. The summed E-state index contributed by atoms with van der Waals surface area (Å²) in [6, 6.07) is 22.3. The van der Waals surface area contributed by atoms with Crippen LogP contribution in [0.15, 0.2) is 88.0 Å². The number of methoxy groups -OCH3 is 1. The molecule has 4 nitrogen and oxygen atoms in total. The molecule has 0 radical (unpaired) electrons. The van der Waals surface area contributed by atoms with Crippen LogP contribution in [0.5, 0.6) is 5.75 Å².